The molecule has 1 unspecified atom stereocenters. The summed E-state index contributed by atoms with van der Waals surface area (Å²) < 4.78 is 5.40. The van der Waals surface area contributed by atoms with Gasteiger partial charge in [0.1, 0.15) is 0 Å². The molecule has 0 aromatic rings. The zero-order valence-electron chi connectivity index (χ0n) is 11.5. The molecule has 1 saturated heterocycles. The molecule has 0 amide bonds. The van der Waals surface area contributed by atoms with E-state index in [0.717, 1.165) is 19.1 Å². The first-order valence-corrected chi connectivity index (χ1v) is 6.95. The van der Waals surface area contributed by atoms with Gasteiger partial charge in [-0.15, -0.1) is 0 Å². The molecule has 1 fully saturated rings. The van der Waals surface area contributed by atoms with E-state index in [-0.39, 0.29) is 0 Å². The minimum atomic E-state index is 0.324. The molecule has 1 aliphatic heterocycles. The lowest BCUT2D eigenvalue weighted by Gasteiger charge is -2.34. The molecule has 16 heavy (non-hydrogen) atoms. The van der Waals surface area contributed by atoms with E-state index in [0.29, 0.717) is 11.6 Å². The maximum absolute atomic E-state index is 5.40. The van der Waals surface area contributed by atoms with Crippen LogP contribution in [-0.2, 0) is 4.74 Å². The molecule has 1 N–H and O–H groups in total. The Bertz CT molecular complexity index is 183. The molecular weight excluding hydrogens is 198 g/mol. The van der Waals surface area contributed by atoms with Gasteiger partial charge in [-0.3, -0.25) is 0 Å². The van der Waals surface area contributed by atoms with Crippen LogP contribution in [0.25, 0.3) is 0 Å². The molecule has 96 valence electrons. The summed E-state index contributed by atoms with van der Waals surface area (Å²) in [5.74, 6) is 0.870. The van der Waals surface area contributed by atoms with E-state index < -0.39 is 0 Å². The van der Waals surface area contributed by atoms with Gasteiger partial charge in [0.2, 0.25) is 0 Å². The molecule has 0 aliphatic carbocycles. The first-order chi connectivity index (χ1) is 7.59. The maximum Gasteiger partial charge on any atom is 0.0468 e. The van der Waals surface area contributed by atoms with Gasteiger partial charge in [-0.2, -0.15) is 0 Å². The van der Waals surface area contributed by atoms with Gasteiger partial charge in [-0.05, 0) is 51.9 Å². The Balaban J connectivity index is 2.30. The number of hydrogen-bond acceptors (Lipinski definition) is 2. The second-order valence-corrected chi connectivity index (χ2v) is 5.60. The Morgan fingerprint density at radius 2 is 1.81 bits per heavy atom. The highest BCUT2D eigenvalue weighted by atomic mass is 16.5. The van der Waals surface area contributed by atoms with Gasteiger partial charge >= 0.3 is 0 Å². The average Bonchev–Trinajstić information content (AvgIpc) is 2.30. The van der Waals surface area contributed by atoms with Crippen molar-refractivity contribution in [3.63, 3.8) is 0 Å². The lowest BCUT2D eigenvalue weighted by molar-refractivity contribution is 0.0597. The molecule has 0 bridgehead atoms. The van der Waals surface area contributed by atoms with Crippen LogP contribution in [0.5, 0.6) is 0 Å². The van der Waals surface area contributed by atoms with Gasteiger partial charge in [-0.1, -0.05) is 13.8 Å². The molecule has 0 saturated carbocycles. The highest BCUT2D eigenvalue weighted by molar-refractivity contribution is 4.83. The molecular formula is C14H29NO. The number of rotatable bonds is 6. The third-order valence-electron chi connectivity index (χ3n) is 4.18. The van der Waals surface area contributed by atoms with Crippen LogP contribution in [0.2, 0.25) is 0 Å². The van der Waals surface area contributed by atoms with E-state index in [2.05, 4.69) is 33.0 Å². The second-order valence-electron chi connectivity index (χ2n) is 5.60. The van der Waals surface area contributed by atoms with Crippen LogP contribution in [0.15, 0.2) is 0 Å². The van der Waals surface area contributed by atoms with Crippen LogP contribution in [-0.4, -0.2) is 24.8 Å². The smallest absolute Gasteiger partial charge is 0.0468 e. The standard InChI is InChI=1S/C14H29NO/c1-5-14(4,6-2)15-12(3)11-13-7-9-16-10-8-13/h12-13,15H,5-11H2,1-4H3. The monoisotopic (exact) mass is 227 g/mol. The highest BCUT2D eigenvalue weighted by Gasteiger charge is 2.23. The lowest BCUT2D eigenvalue weighted by atomic mass is 9.89. The average molecular weight is 227 g/mol. The fourth-order valence-corrected chi connectivity index (χ4v) is 2.59. The van der Waals surface area contributed by atoms with Crippen LogP contribution >= 0.6 is 0 Å². The van der Waals surface area contributed by atoms with Gasteiger partial charge in [0, 0.05) is 24.8 Å². The Morgan fingerprint density at radius 3 is 2.31 bits per heavy atom. The van der Waals surface area contributed by atoms with Gasteiger partial charge in [0.25, 0.3) is 0 Å². The van der Waals surface area contributed by atoms with Crippen molar-refractivity contribution < 1.29 is 4.74 Å². The van der Waals surface area contributed by atoms with Crippen molar-refractivity contribution in [1.82, 2.24) is 5.32 Å². The number of nitrogens with one attached hydrogen (secondary N) is 1. The SMILES string of the molecule is CCC(C)(CC)NC(C)CC1CCOCC1. The Morgan fingerprint density at radius 1 is 1.25 bits per heavy atom. The highest BCUT2D eigenvalue weighted by Crippen LogP contribution is 2.22. The summed E-state index contributed by atoms with van der Waals surface area (Å²) in [5, 5.41) is 3.80. The summed E-state index contributed by atoms with van der Waals surface area (Å²) >= 11 is 0. The largest absolute Gasteiger partial charge is 0.381 e. The van der Waals surface area contributed by atoms with Crippen molar-refractivity contribution in [2.75, 3.05) is 13.2 Å². The van der Waals surface area contributed by atoms with Crippen molar-refractivity contribution in [3.8, 4) is 0 Å². The van der Waals surface area contributed by atoms with E-state index in [1.807, 2.05) is 0 Å². The summed E-state index contributed by atoms with van der Waals surface area (Å²) in [7, 11) is 0. The topological polar surface area (TPSA) is 21.3 Å². The molecule has 0 radical (unpaired) electrons. The fraction of sp³-hybridized carbons (Fsp3) is 1.00. The molecule has 1 rings (SSSR count). The van der Waals surface area contributed by atoms with Crippen molar-refractivity contribution in [2.45, 2.75) is 71.4 Å². The normalized spacial score (nSPS) is 21.0. The maximum atomic E-state index is 5.40. The lowest BCUT2D eigenvalue weighted by Crippen LogP contribution is -2.47. The summed E-state index contributed by atoms with van der Waals surface area (Å²) in [6, 6.07) is 0.632. The van der Waals surface area contributed by atoms with Gasteiger partial charge in [0.15, 0.2) is 0 Å². The predicted molar refractivity (Wildman–Crippen MR) is 69.7 cm³/mol. The molecule has 0 spiro atoms. The Labute approximate surface area is 101 Å². The summed E-state index contributed by atoms with van der Waals surface area (Å²) in [5.41, 5.74) is 0.324. The second kappa shape index (κ2) is 6.61. The predicted octanol–water partition coefficient (Wildman–Crippen LogP) is 3.36. The Kier molecular flexibility index (Phi) is 5.77. The van der Waals surface area contributed by atoms with Gasteiger partial charge in [0.05, 0.1) is 0 Å². The van der Waals surface area contributed by atoms with Crippen molar-refractivity contribution in [1.29, 1.82) is 0 Å². The van der Waals surface area contributed by atoms with E-state index in [4.69, 9.17) is 4.74 Å². The third kappa shape index (κ3) is 4.42. The minimum Gasteiger partial charge on any atom is -0.381 e. The summed E-state index contributed by atoms with van der Waals surface area (Å²) in [6.07, 6.45) is 6.23. The molecule has 2 heteroatoms. The van der Waals surface area contributed by atoms with Crippen LogP contribution in [0.4, 0.5) is 0 Å². The van der Waals surface area contributed by atoms with E-state index in [1.54, 1.807) is 0 Å². The van der Waals surface area contributed by atoms with Gasteiger partial charge < -0.3 is 10.1 Å². The first-order valence-electron chi connectivity index (χ1n) is 6.95. The Hall–Kier alpha value is -0.0800. The van der Waals surface area contributed by atoms with E-state index in [1.165, 1.54) is 32.1 Å². The van der Waals surface area contributed by atoms with Crippen molar-refractivity contribution >= 4 is 0 Å². The summed E-state index contributed by atoms with van der Waals surface area (Å²) in [4.78, 5) is 0. The molecule has 1 aliphatic rings. The number of ether oxygens (including phenoxy) is 1. The molecule has 1 heterocycles. The third-order valence-corrected chi connectivity index (χ3v) is 4.18. The van der Waals surface area contributed by atoms with Crippen LogP contribution in [0.3, 0.4) is 0 Å². The van der Waals surface area contributed by atoms with Crippen LogP contribution in [0.1, 0.15) is 59.8 Å². The van der Waals surface area contributed by atoms with Gasteiger partial charge in [-0.25, -0.2) is 0 Å². The fourth-order valence-electron chi connectivity index (χ4n) is 2.59. The first kappa shape index (κ1) is 14.0. The molecule has 0 aromatic heterocycles. The minimum absolute atomic E-state index is 0.324. The summed E-state index contributed by atoms with van der Waals surface area (Å²) in [6.45, 7) is 11.2. The van der Waals surface area contributed by atoms with Crippen LogP contribution < -0.4 is 5.32 Å². The van der Waals surface area contributed by atoms with Crippen molar-refractivity contribution in [2.24, 2.45) is 5.92 Å². The van der Waals surface area contributed by atoms with Crippen molar-refractivity contribution in [3.05, 3.63) is 0 Å². The van der Waals surface area contributed by atoms with E-state index >= 15 is 0 Å². The zero-order valence-corrected chi connectivity index (χ0v) is 11.5. The zero-order chi connectivity index (χ0) is 12.0. The van der Waals surface area contributed by atoms with E-state index in [9.17, 15) is 0 Å². The molecule has 0 aromatic carbocycles. The number of hydrogen-bond donors (Lipinski definition) is 1. The molecule has 1 atom stereocenters. The van der Waals surface area contributed by atoms with Crippen LogP contribution in [0, 0.1) is 5.92 Å². The quantitative estimate of drug-likeness (QED) is 0.751. The molecule has 2 nitrogen and oxygen atoms in total.